The lowest BCUT2D eigenvalue weighted by molar-refractivity contribution is -0.197. The summed E-state index contributed by atoms with van der Waals surface area (Å²) in [5, 5.41) is 41.1. The second-order valence-corrected chi connectivity index (χ2v) is 14.5. The van der Waals surface area contributed by atoms with Gasteiger partial charge in [0.05, 0.1) is 33.9 Å². The van der Waals surface area contributed by atoms with Crippen LogP contribution in [0.3, 0.4) is 0 Å². The van der Waals surface area contributed by atoms with Crippen LogP contribution in [0.2, 0.25) is 5.02 Å². The molecule has 7 atom stereocenters. The molecule has 6 rings (SSSR count). The van der Waals surface area contributed by atoms with Gasteiger partial charge in [0.15, 0.2) is 11.5 Å². The topological polar surface area (TPSA) is 145 Å². The molecule has 240 valence electrons. The van der Waals surface area contributed by atoms with Crippen LogP contribution >= 0.6 is 23.4 Å². The number of carboxylic acid groups (broad SMARTS) is 1. The van der Waals surface area contributed by atoms with Gasteiger partial charge >= 0.3 is 5.97 Å². The van der Waals surface area contributed by atoms with Crippen LogP contribution < -0.4 is 4.74 Å². The van der Waals surface area contributed by atoms with E-state index in [-0.39, 0.29) is 57.8 Å². The first-order valence-corrected chi connectivity index (χ1v) is 16.5. The van der Waals surface area contributed by atoms with Crippen molar-refractivity contribution in [3.8, 4) is 23.3 Å². The second kappa shape index (κ2) is 11.3. The van der Waals surface area contributed by atoms with Gasteiger partial charge in [0.1, 0.15) is 17.2 Å². The van der Waals surface area contributed by atoms with Gasteiger partial charge in [-0.1, -0.05) is 41.9 Å². The Morgan fingerprint density at radius 1 is 1.15 bits per heavy atom. The molecule has 46 heavy (non-hydrogen) atoms. The van der Waals surface area contributed by atoms with E-state index < -0.39 is 50.9 Å². The molecule has 8 nitrogen and oxygen atoms in total. The third-order valence-electron chi connectivity index (χ3n) is 11.3. The zero-order chi connectivity index (χ0) is 33.2. The molecule has 2 aromatic carbocycles. The third-order valence-corrected chi connectivity index (χ3v) is 12.5. The number of hydrogen-bond acceptors (Lipinski definition) is 8. The minimum absolute atomic E-state index is 0.0489. The van der Waals surface area contributed by atoms with Crippen molar-refractivity contribution in [2.75, 3.05) is 5.75 Å². The Labute approximate surface area is 274 Å². The molecule has 2 aromatic rings. The lowest BCUT2D eigenvalue weighted by atomic mass is 9.43. The zero-order valence-corrected chi connectivity index (χ0v) is 26.8. The summed E-state index contributed by atoms with van der Waals surface area (Å²) in [6, 6.07) is 10.5. The average Bonchev–Trinajstić information content (AvgIpc) is 3.31. The van der Waals surface area contributed by atoms with Gasteiger partial charge in [-0.2, -0.15) is 5.26 Å². The number of thioether (sulfide) groups is 1. The summed E-state index contributed by atoms with van der Waals surface area (Å²) in [4.78, 5) is 39.4. The number of fused-ring (bicyclic) bond motifs is 5. The number of aromatic hydroxyl groups is 1. The molecule has 0 aliphatic heterocycles. The number of phenols is 1. The fourth-order valence-corrected chi connectivity index (χ4v) is 10.2. The Balaban J connectivity index is 1.51. The molecule has 3 N–H and O–H groups in total. The molecule has 4 aliphatic rings. The van der Waals surface area contributed by atoms with Crippen LogP contribution in [0.15, 0.2) is 60.2 Å². The molecule has 0 heterocycles. The molecule has 0 aromatic heterocycles. The number of aliphatic hydroxyl groups is 1. The largest absolute Gasteiger partial charge is 0.506 e. The quantitative estimate of drug-likeness (QED) is 0.299. The fraction of sp³-hybridized carbons (Fsp3) is 0.429. The summed E-state index contributed by atoms with van der Waals surface area (Å²) in [5.74, 6) is -2.46. The molecule has 3 saturated carbocycles. The summed E-state index contributed by atoms with van der Waals surface area (Å²) >= 11 is 6.86. The van der Waals surface area contributed by atoms with E-state index in [1.165, 1.54) is 48.6 Å². The van der Waals surface area contributed by atoms with Crippen molar-refractivity contribution in [1.82, 2.24) is 0 Å². The lowest BCUT2D eigenvalue weighted by Crippen LogP contribution is -2.68. The van der Waals surface area contributed by atoms with Crippen LogP contribution in [0.25, 0.3) is 0 Å². The van der Waals surface area contributed by atoms with Gasteiger partial charge in [-0.05, 0) is 98.4 Å². The number of ketones is 1. The normalized spacial score (nSPS) is 34.5. The van der Waals surface area contributed by atoms with E-state index in [0.29, 0.717) is 24.8 Å². The second-order valence-electron chi connectivity index (χ2n) is 13.2. The van der Waals surface area contributed by atoms with Crippen LogP contribution in [-0.4, -0.2) is 49.7 Å². The first-order valence-electron chi connectivity index (χ1n) is 15.1. The van der Waals surface area contributed by atoms with Gasteiger partial charge in [-0.15, -0.1) is 0 Å². The number of rotatable bonds is 6. The van der Waals surface area contributed by atoms with Crippen molar-refractivity contribution in [2.24, 2.45) is 22.7 Å². The van der Waals surface area contributed by atoms with E-state index in [1.54, 1.807) is 13.0 Å². The summed E-state index contributed by atoms with van der Waals surface area (Å²) in [7, 11) is 0. The van der Waals surface area contributed by atoms with Crippen molar-refractivity contribution in [2.45, 2.75) is 63.1 Å². The zero-order valence-electron chi connectivity index (χ0n) is 25.3. The summed E-state index contributed by atoms with van der Waals surface area (Å²) in [6.07, 6.45) is 4.05. The van der Waals surface area contributed by atoms with Crippen molar-refractivity contribution < 1.29 is 38.8 Å². The highest BCUT2D eigenvalue weighted by molar-refractivity contribution is 8.14. The first kappa shape index (κ1) is 32.3. The number of hydrogen-bond donors (Lipinski definition) is 3. The first-order chi connectivity index (χ1) is 21.7. The number of aliphatic hydroxyl groups excluding tert-OH is 1. The molecule has 4 aliphatic carbocycles. The Kier molecular flexibility index (Phi) is 7.90. The van der Waals surface area contributed by atoms with Gasteiger partial charge in [0, 0.05) is 17.4 Å². The molecular formula is C35H33ClFNO7S. The smallest absolute Gasteiger partial charge is 0.336 e. The van der Waals surface area contributed by atoms with Gasteiger partial charge in [-0.3, -0.25) is 9.59 Å². The van der Waals surface area contributed by atoms with E-state index >= 15 is 4.39 Å². The minimum atomic E-state index is -2.13. The molecule has 11 heteroatoms. The number of benzene rings is 2. The van der Waals surface area contributed by atoms with Gasteiger partial charge in [0.25, 0.3) is 0 Å². The summed E-state index contributed by atoms with van der Waals surface area (Å²) < 4.78 is 23.8. The molecule has 0 radical (unpaired) electrons. The SMILES string of the molecule is C[C@]12C=CC(=O)C=C1CCC1C3CC[C@@](C(=O)SCC#N)(c4cc(Oc5ccc(O)c(Cl)c5)ccc4C(=O)O)[C@@]3(C)C[C@H](O)C12F. The van der Waals surface area contributed by atoms with E-state index in [9.17, 15) is 35.0 Å². The van der Waals surface area contributed by atoms with Crippen LogP contribution in [0, 0.1) is 34.0 Å². The highest BCUT2D eigenvalue weighted by Gasteiger charge is 2.74. The number of carbonyl (C=O) groups is 3. The number of halogens is 2. The standard InChI is InChI=1S/C35H33ClFNO7S/c1-32-11-9-20(39)15-19(32)3-7-25-24-10-12-34(31(44)46-14-13-38,33(24,2)18-29(41)35(25,32)37)26-16-21(4-6-23(26)30(42)43)45-22-5-8-28(40)27(36)17-22/h4-6,8-9,11,15-17,24-25,29,40-41H,3,7,10,12,14,18H2,1-2H3,(H,42,43)/t24?,25?,29-,32-,33-,34-,35?/m0/s1. The van der Waals surface area contributed by atoms with Crippen LogP contribution in [-0.2, 0) is 15.0 Å². The number of phenolic OH excluding ortho intramolecular Hbond substituents is 1. The number of aromatic carboxylic acids is 1. The predicted octanol–water partition coefficient (Wildman–Crippen LogP) is 6.93. The highest BCUT2D eigenvalue weighted by Crippen LogP contribution is 2.72. The summed E-state index contributed by atoms with van der Waals surface area (Å²) in [5.41, 5.74) is -5.30. The van der Waals surface area contributed by atoms with Gasteiger partial charge in [0.2, 0.25) is 5.12 Å². The number of nitriles is 1. The van der Waals surface area contributed by atoms with E-state index in [4.69, 9.17) is 16.3 Å². The minimum Gasteiger partial charge on any atom is -0.506 e. The van der Waals surface area contributed by atoms with Crippen molar-refractivity contribution in [1.29, 1.82) is 5.26 Å². The lowest BCUT2D eigenvalue weighted by Gasteiger charge is -2.63. The Bertz CT molecular complexity index is 1770. The number of allylic oxidation sites excluding steroid dienone is 4. The third kappa shape index (κ3) is 4.46. The maximum Gasteiger partial charge on any atom is 0.336 e. The molecule has 0 amide bonds. The average molecular weight is 666 g/mol. The number of alkyl halides is 1. The molecular weight excluding hydrogens is 633 g/mol. The van der Waals surface area contributed by atoms with Crippen LogP contribution in [0.1, 0.15) is 61.9 Å². The fourth-order valence-electron chi connectivity index (χ4n) is 9.16. The Morgan fingerprint density at radius 2 is 1.87 bits per heavy atom. The van der Waals surface area contributed by atoms with Crippen LogP contribution in [0.5, 0.6) is 17.2 Å². The molecule has 3 unspecified atom stereocenters. The van der Waals surface area contributed by atoms with E-state index in [0.717, 1.165) is 11.8 Å². The molecule has 0 saturated heterocycles. The van der Waals surface area contributed by atoms with Crippen molar-refractivity contribution in [3.05, 3.63) is 76.3 Å². The summed E-state index contributed by atoms with van der Waals surface area (Å²) in [6.45, 7) is 3.56. The maximum absolute atomic E-state index is 17.8. The maximum atomic E-state index is 17.8. The van der Waals surface area contributed by atoms with Crippen molar-refractivity contribution >= 4 is 40.2 Å². The predicted molar refractivity (Wildman–Crippen MR) is 170 cm³/mol. The van der Waals surface area contributed by atoms with E-state index in [1.807, 2.05) is 13.0 Å². The van der Waals surface area contributed by atoms with E-state index in [2.05, 4.69) is 0 Å². The molecule has 3 fully saturated rings. The molecule has 0 bridgehead atoms. The number of ether oxygens (including phenoxy) is 1. The number of carbonyl (C=O) groups excluding carboxylic acids is 2. The molecule has 0 spiro atoms. The van der Waals surface area contributed by atoms with Crippen molar-refractivity contribution in [3.63, 3.8) is 0 Å². The van der Waals surface area contributed by atoms with Gasteiger partial charge < -0.3 is 20.1 Å². The van der Waals surface area contributed by atoms with Crippen LogP contribution in [0.4, 0.5) is 4.39 Å². The number of nitrogens with zero attached hydrogens (tertiary/aromatic N) is 1. The highest BCUT2D eigenvalue weighted by atomic mass is 35.5. The van der Waals surface area contributed by atoms with Gasteiger partial charge in [-0.25, -0.2) is 9.18 Å². The Morgan fingerprint density at radius 3 is 2.57 bits per heavy atom. The number of carboxylic acids is 1. The Hall–Kier alpha value is -3.65. The monoisotopic (exact) mass is 665 g/mol.